The highest BCUT2D eigenvalue weighted by atomic mass is 32.1. The second kappa shape index (κ2) is 3.79. The molecule has 78 valence electrons. The second-order valence-corrected chi connectivity index (χ2v) is 4.70. The fraction of sp³-hybridized carbons (Fsp3) is 0.364. The van der Waals surface area contributed by atoms with Crippen molar-refractivity contribution >= 4 is 11.3 Å². The van der Waals surface area contributed by atoms with Gasteiger partial charge < -0.3 is 9.73 Å². The van der Waals surface area contributed by atoms with E-state index < -0.39 is 0 Å². The molecule has 2 heterocycles. The molecule has 0 aliphatic heterocycles. The molecule has 0 aromatic carbocycles. The van der Waals surface area contributed by atoms with E-state index in [0.717, 1.165) is 23.1 Å². The Hall–Kier alpha value is -1.13. The molecule has 1 aliphatic rings. The van der Waals surface area contributed by atoms with Crippen molar-refractivity contribution in [3.8, 4) is 10.6 Å². The van der Waals surface area contributed by atoms with Crippen molar-refractivity contribution in [1.29, 1.82) is 0 Å². The van der Waals surface area contributed by atoms with Crippen LogP contribution in [0.15, 0.2) is 28.1 Å². The van der Waals surface area contributed by atoms with Gasteiger partial charge in [-0.1, -0.05) is 6.07 Å². The van der Waals surface area contributed by atoms with Crippen LogP contribution in [0.5, 0.6) is 0 Å². The minimum Gasteiger partial charge on any atom is -0.438 e. The number of nitrogens with zero attached hydrogens (tertiary/aromatic N) is 1. The van der Waals surface area contributed by atoms with Gasteiger partial charge in [0.1, 0.15) is 0 Å². The van der Waals surface area contributed by atoms with Gasteiger partial charge in [-0.2, -0.15) is 0 Å². The van der Waals surface area contributed by atoms with Crippen LogP contribution < -0.4 is 5.32 Å². The van der Waals surface area contributed by atoms with Crippen molar-refractivity contribution in [2.75, 3.05) is 0 Å². The van der Waals surface area contributed by atoms with E-state index in [1.807, 2.05) is 17.5 Å². The van der Waals surface area contributed by atoms with Crippen LogP contribution in [0.2, 0.25) is 0 Å². The molecule has 0 bridgehead atoms. The largest absolute Gasteiger partial charge is 0.438 e. The molecule has 1 aliphatic carbocycles. The highest BCUT2D eigenvalue weighted by Crippen LogP contribution is 2.25. The Morgan fingerprint density at radius 1 is 1.53 bits per heavy atom. The van der Waals surface area contributed by atoms with Gasteiger partial charge in [0.05, 0.1) is 17.6 Å². The van der Waals surface area contributed by atoms with Crippen LogP contribution in [0, 0.1) is 0 Å². The lowest BCUT2D eigenvalue weighted by Gasteiger charge is -1.96. The third-order valence-electron chi connectivity index (χ3n) is 2.44. The van der Waals surface area contributed by atoms with E-state index in [9.17, 15) is 0 Å². The highest BCUT2D eigenvalue weighted by Gasteiger charge is 2.20. The molecule has 3 nitrogen and oxygen atoms in total. The van der Waals surface area contributed by atoms with Gasteiger partial charge >= 0.3 is 0 Å². The molecule has 0 radical (unpaired) electrons. The summed E-state index contributed by atoms with van der Waals surface area (Å²) in [5.74, 6) is 1.66. The molecular formula is C11H12N2OS. The van der Waals surface area contributed by atoms with Crippen molar-refractivity contribution in [3.05, 3.63) is 29.6 Å². The van der Waals surface area contributed by atoms with Crippen molar-refractivity contribution in [1.82, 2.24) is 10.3 Å². The van der Waals surface area contributed by atoms with Gasteiger partial charge in [-0.3, -0.25) is 0 Å². The van der Waals surface area contributed by atoms with E-state index in [-0.39, 0.29) is 0 Å². The van der Waals surface area contributed by atoms with Crippen LogP contribution >= 0.6 is 11.3 Å². The molecule has 1 saturated carbocycles. The molecule has 0 spiro atoms. The number of rotatable bonds is 4. The average Bonchev–Trinajstić information content (AvgIpc) is 2.78. The number of nitrogens with one attached hydrogen (secondary N) is 1. The molecule has 0 atom stereocenters. The van der Waals surface area contributed by atoms with E-state index in [1.54, 1.807) is 17.5 Å². The van der Waals surface area contributed by atoms with E-state index in [1.165, 1.54) is 12.8 Å². The Bertz CT molecular complexity index is 431. The maximum atomic E-state index is 5.64. The fourth-order valence-corrected chi connectivity index (χ4v) is 2.12. The quantitative estimate of drug-likeness (QED) is 0.860. The Morgan fingerprint density at radius 3 is 3.20 bits per heavy atom. The lowest BCUT2D eigenvalue weighted by Crippen LogP contribution is -2.15. The summed E-state index contributed by atoms with van der Waals surface area (Å²) in [6, 6.07) is 4.76. The van der Waals surface area contributed by atoms with Crippen LogP contribution in [0.4, 0.5) is 0 Å². The van der Waals surface area contributed by atoms with E-state index in [2.05, 4.69) is 10.3 Å². The van der Waals surface area contributed by atoms with Gasteiger partial charge in [0.2, 0.25) is 5.89 Å². The van der Waals surface area contributed by atoms with E-state index >= 15 is 0 Å². The number of oxazole rings is 1. The summed E-state index contributed by atoms with van der Waals surface area (Å²) in [4.78, 5) is 5.39. The summed E-state index contributed by atoms with van der Waals surface area (Å²) in [5, 5.41) is 5.42. The zero-order valence-electron chi connectivity index (χ0n) is 8.27. The Kier molecular flexibility index (Phi) is 2.31. The summed E-state index contributed by atoms with van der Waals surface area (Å²) in [5.41, 5.74) is 0. The zero-order chi connectivity index (χ0) is 10.1. The van der Waals surface area contributed by atoms with Gasteiger partial charge in [-0.05, 0) is 24.3 Å². The summed E-state index contributed by atoms with van der Waals surface area (Å²) >= 11 is 1.67. The minimum atomic E-state index is 0.696. The summed E-state index contributed by atoms with van der Waals surface area (Å²) in [6.07, 6.45) is 4.38. The molecule has 15 heavy (non-hydrogen) atoms. The van der Waals surface area contributed by atoms with Gasteiger partial charge in [0, 0.05) is 6.04 Å². The number of hydrogen-bond donors (Lipinski definition) is 1. The molecular weight excluding hydrogens is 208 g/mol. The first-order valence-corrected chi connectivity index (χ1v) is 6.02. The Labute approximate surface area is 92.1 Å². The topological polar surface area (TPSA) is 38.1 Å². The summed E-state index contributed by atoms with van der Waals surface area (Å²) in [6.45, 7) is 0.746. The molecule has 0 amide bonds. The fourth-order valence-electron chi connectivity index (χ4n) is 1.44. The van der Waals surface area contributed by atoms with Gasteiger partial charge in [-0.15, -0.1) is 11.3 Å². The number of thiophene rings is 1. The first-order chi connectivity index (χ1) is 7.42. The number of aromatic nitrogens is 1. The molecule has 1 fully saturated rings. The highest BCUT2D eigenvalue weighted by molar-refractivity contribution is 7.13. The first kappa shape index (κ1) is 9.12. The van der Waals surface area contributed by atoms with Gasteiger partial charge in [0.25, 0.3) is 0 Å². The third kappa shape index (κ3) is 2.11. The first-order valence-electron chi connectivity index (χ1n) is 5.14. The van der Waals surface area contributed by atoms with Crippen molar-refractivity contribution in [3.63, 3.8) is 0 Å². The molecule has 3 rings (SSSR count). The van der Waals surface area contributed by atoms with Crippen LogP contribution in [0.3, 0.4) is 0 Å². The molecule has 0 unspecified atom stereocenters. The Morgan fingerprint density at radius 2 is 2.47 bits per heavy atom. The average molecular weight is 220 g/mol. The van der Waals surface area contributed by atoms with Gasteiger partial charge in [0.15, 0.2) is 5.76 Å². The van der Waals surface area contributed by atoms with Crippen LogP contribution in [0.25, 0.3) is 10.6 Å². The monoisotopic (exact) mass is 220 g/mol. The normalized spacial score (nSPS) is 15.7. The molecule has 2 aromatic heterocycles. The van der Waals surface area contributed by atoms with Gasteiger partial charge in [-0.25, -0.2) is 4.98 Å². The SMILES string of the molecule is c1csc(-c2cnc(CNC3CC3)o2)c1. The predicted octanol–water partition coefficient (Wildman–Crippen LogP) is 2.66. The predicted molar refractivity (Wildman–Crippen MR) is 59.7 cm³/mol. The van der Waals surface area contributed by atoms with Crippen molar-refractivity contribution in [2.24, 2.45) is 0 Å². The molecule has 4 heteroatoms. The summed E-state index contributed by atoms with van der Waals surface area (Å²) < 4.78 is 5.64. The maximum absolute atomic E-state index is 5.64. The van der Waals surface area contributed by atoms with Crippen LogP contribution in [-0.4, -0.2) is 11.0 Å². The lowest BCUT2D eigenvalue weighted by molar-refractivity contribution is 0.477. The molecule has 1 N–H and O–H groups in total. The standard InChI is InChI=1S/C11H12N2OS/c1-2-10(15-5-1)9-6-13-11(14-9)7-12-8-3-4-8/h1-2,5-6,8,12H,3-4,7H2. The molecule has 0 saturated heterocycles. The van der Waals surface area contributed by atoms with Crippen LogP contribution in [0.1, 0.15) is 18.7 Å². The zero-order valence-corrected chi connectivity index (χ0v) is 9.09. The van der Waals surface area contributed by atoms with Crippen LogP contribution in [-0.2, 0) is 6.54 Å². The van der Waals surface area contributed by atoms with Crippen molar-refractivity contribution in [2.45, 2.75) is 25.4 Å². The van der Waals surface area contributed by atoms with E-state index in [4.69, 9.17) is 4.42 Å². The van der Waals surface area contributed by atoms with E-state index in [0.29, 0.717) is 6.04 Å². The van der Waals surface area contributed by atoms with Crippen molar-refractivity contribution < 1.29 is 4.42 Å². The third-order valence-corrected chi connectivity index (χ3v) is 3.32. The summed E-state index contributed by atoms with van der Waals surface area (Å²) in [7, 11) is 0. The molecule has 2 aromatic rings. The maximum Gasteiger partial charge on any atom is 0.208 e. The Balaban J connectivity index is 1.69. The lowest BCUT2D eigenvalue weighted by atomic mass is 10.4. The minimum absolute atomic E-state index is 0.696. The number of hydrogen-bond acceptors (Lipinski definition) is 4. The smallest absolute Gasteiger partial charge is 0.208 e. The second-order valence-electron chi connectivity index (χ2n) is 3.75.